The number of hydrogen-bond acceptors (Lipinski definition) is 0. The Morgan fingerprint density at radius 2 is 1.56 bits per heavy atom. The lowest BCUT2D eigenvalue weighted by molar-refractivity contribution is 0.466. The van der Waals surface area contributed by atoms with E-state index in [1.54, 1.807) is 22.3 Å². The van der Waals surface area contributed by atoms with Crippen molar-refractivity contribution < 1.29 is 0 Å². The van der Waals surface area contributed by atoms with E-state index in [0.717, 1.165) is 0 Å². The van der Waals surface area contributed by atoms with Crippen molar-refractivity contribution in [2.75, 3.05) is 0 Å². The molecule has 88 valence electrons. The summed E-state index contributed by atoms with van der Waals surface area (Å²) in [7, 11) is 0. The molecule has 0 aromatic carbocycles. The van der Waals surface area contributed by atoms with Crippen molar-refractivity contribution in [1.29, 1.82) is 0 Å². The standard InChI is InChI=1S/C16H24/c1-9-10(2)12(4)15-13(5)16(6,7)8-14(15)11(9)3/h12H,8H2,1-7H3. The van der Waals surface area contributed by atoms with Crippen LogP contribution in [0.5, 0.6) is 0 Å². The van der Waals surface area contributed by atoms with Gasteiger partial charge in [-0.1, -0.05) is 31.9 Å². The third-order valence-electron chi connectivity index (χ3n) is 5.05. The Labute approximate surface area is 100 Å². The maximum absolute atomic E-state index is 2.38. The molecule has 0 bridgehead atoms. The summed E-state index contributed by atoms with van der Waals surface area (Å²) in [5.41, 5.74) is 9.89. The maximum atomic E-state index is 2.38. The molecule has 1 unspecified atom stereocenters. The van der Waals surface area contributed by atoms with Gasteiger partial charge in [0.25, 0.3) is 0 Å². The van der Waals surface area contributed by atoms with Crippen molar-refractivity contribution in [3.05, 3.63) is 33.4 Å². The van der Waals surface area contributed by atoms with Crippen LogP contribution in [0.2, 0.25) is 0 Å². The minimum absolute atomic E-state index is 0.366. The van der Waals surface area contributed by atoms with Crippen LogP contribution in [0.15, 0.2) is 33.4 Å². The highest BCUT2D eigenvalue weighted by Gasteiger charge is 2.38. The Morgan fingerprint density at radius 3 is 2.12 bits per heavy atom. The highest BCUT2D eigenvalue weighted by molar-refractivity contribution is 5.58. The Hall–Kier alpha value is -0.780. The first-order valence-electron chi connectivity index (χ1n) is 6.36. The molecular formula is C16H24. The van der Waals surface area contributed by atoms with E-state index in [2.05, 4.69) is 48.5 Å². The summed E-state index contributed by atoms with van der Waals surface area (Å²) in [6, 6.07) is 0. The molecule has 0 fully saturated rings. The molecule has 0 nitrogen and oxygen atoms in total. The molecule has 0 aliphatic heterocycles. The molecule has 0 aromatic heterocycles. The fourth-order valence-electron chi connectivity index (χ4n) is 3.24. The quantitative estimate of drug-likeness (QED) is 0.532. The van der Waals surface area contributed by atoms with E-state index < -0.39 is 0 Å². The Kier molecular flexibility index (Phi) is 2.45. The summed E-state index contributed by atoms with van der Waals surface area (Å²) in [5.74, 6) is 0.625. The van der Waals surface area contributed by atoms with E-state index in [-0.39, 0.29) is 0 Å². The van der Waals surface area contributed by atoms with Gasteiger partial charge in [0, 0.05) is 5.92 Å². The second-order valence-electron chi connectivity index (χ2n) is 6.23. The molecule has 0 heterocycles. The lowest BCUT2D eigenvalue weighted by Gasteiger charge is -2.27. The summed E-state index contributed by atoms with van der Waals surface area (Å²) in [4.78, 5) is 0. The molecule has 0 N–H and O–H groups in total. The van der Waals surface area contributed by atoms with Crippen LogP contribution in [0.1, 0.15) is 54.9 Å². The van der Waals surface area contributed by atoms with E-state index >= 15 is 0 Å². The SMILES string of the molecule is CC1=C2CC(C)(C)C(C)=C2C(C)C(C)=C1C. The Balaban J connectivity index is 2.68. The van der Waals surface area contributed by atoms with Gasteiger partial charge in [-0.25, -0.2) is 0 Å². The van der Waals surface area contributed by atoms with E-state index in [4.69, 9.17) is 0 Å². The molecule has 2 aliphatic carbocycles. The van der Waals surface area contributed by atoms with Crippen molar-refractivity contribution >= 4 is 0 Å². The largest absolute Gasteiger partial charge is 0.0633 e. The van der Waals surface area contributed by atoms with Gasteiger partial charge in [-0.05, 0) is 61.8 Å². The minimum Gasteiger partial charge on any atom is -0.0633 e. The van der Waals surface area contributed by atoms with Crippen LogP contribution in [0, 0.1) is 11.3 Å². The van der Waals surface area contributed by atoms with Crippen LogP contribution in [0.3, 0.4) is 0 Å². The van der Waals surface area contributed by atoms with E-state index in [1.807, 2.05) is 0 Å². The van der Waals surface area contributed by atoms with Gasteiger partial charge in [-0.15, -0.1) is 0 Å². The van der Waals surface area contributed by atoms with Crippen LogP contribution in [-0.2, 0) is 0 Å². The fourth-order valence-corrected chi connectivity index (χ4v) is 3.24. The number of fused-ring (bicyclic) bond motifs is 1. The number of rotatable bonds is 0. The molecule has 0 amide bonds. The van der Waals surface area contributed by atoms with Crippen molar-refractivity contribution in [2.24, 2.45) is 11.3 Å². The van der Waals surface area contributed by atoms with Crippen molar-refractivity contribution in [3.63, 3.8) is 0 Å². The average molecular weight is 216 g/mol. The molecule has 0 saturated heterocycles. The molecule has 0 spiro atoms. The molecule has 0 saturated carbocycles. The summed E-state index contributed by atoms with van der Waals surface area (Å²) in [6.07, 6.45) is 1.23. The molecule has 2 rings (SSSR count). The predicted octanol–water partition coefficient (Wildman–Crippen LogP) is 5.04. The normalized spacial score (nSPS) is 29.1. The topological polar surface area (TPSA) is 0 Å². The second-order valence-corrected chi connectivity index (χ2v) is 6.23. The van der Waals surface area contributed by atoms with Crippen LogP contribution >= 0.6 is 0 Å². The third-order valence-corrected chi connectivity index (χ3v) is 5.05. The van der Waals surface area contributed by atoms with Gasteiger partial charge in [0.05, 0.1) is 0 Å². The van der Waals surface area contributed by atoms with Gasteiger partial charge in [0.15, 0.2) is 0 Å². The highest BCUT2D eigenvalue weighted by atomic mass is 14.4. The van der Waals surface area contributed by atoms with Crippen LogP contribution in [0.4, 0.5) is 0 Å². The van der Waals surface area contributed by atoms with Gasteiger partial charge in [-0.3, -0.25) is 0 Å². The minimum atomic E-state index is 0.366. The van der Waals surface area contributed by atoms with E-state index in [9.17, 15) is 0 Å². The number of allylic oxidation sites excluding steroid dienone is 6. The molecule has 0 radical (unpaired) electrons. The lowest BCUT2D eigenvalue weighted by atomic mass is 9.78. The molecule has 16 heavy (non-hydrogen) atoms. The average Bonchev–Trinajstić information content (AvgIpc) is 2.45. The Morgan fingerprint density at radius 1 is 1.00 bits per heavy atom. The van der Waals surface area contributed by atoms with Gasteiger partial charge in [0.2, 0.25) is 0 Å². The summed E-state index contributed by atoms with van der Waals surface area (Å²) in [5, 5.41) is 0. The fraction of sp³-hybridized carbons (Fsp3) is 0.625. The van der Waals surface area contributed by atoms with E-state index in [0.29, 0.717) is 11.3 Å². The van der Waals surface area contributed by atoms with Crippen LogP contribution in [-0.4, -0.2) is 0 Å². The Bertz CT molecular complexity index is 439. The van der Waals surface area contributed by atoms with Crippen molar-refractivity contribution in [3.8, 4) is 0 Å². The zero-order valence-electron chi connectivity index (χ0n) is 11.8. The molecule has 0 heteroatoms. The van der Waals surface area contributed by atoms with Gasteiger partial charge < -0.3 is 0 Å². The monoisotopic (exact) mass is 216 g/mol. The zero-order valence-corrected chi connectivity index (χ0v) is 11.8. The molecule has 2 aliphatic rings. The molecular weight excluding hydrogens is 192 g/mol. The smallest absolute Gasteiger partial charge is 0.00253 e. The van der Waals surface area contributed by atoms with Gasteiger partial charge >= 0.3 is 0 Å². The second kappa shape index (κ2) is 3.35. The first-order chi connectivity index (χ1) is 7.27. The van der Waals surface area contributed by atoms with E-state index in [1.165, 1.54) is 17.6 Å². The molecule has 0 aromatic rings. The van der Waals surface area contributed by atoms with Crippen molar-refractivity contribution in [2.45, 2.75) is 54.9 Å². The van der Waals surface area contributed by atoms with Gasteiger partial charge in [-0.2, -0.15) is 0 Å². The lowest BCUT2D eigenvalue weighted by Crippen LogP contribution is -2.11. The first kappa shape index (κ1) is 11.7. The third kappa shape index (κ3) is 1.35. The van der Waals surface area contributed by atoms with Crippen molar-refractivity contribution in [1.82, 2.24) is 0 Å². The summed E-state index contributed by atoms with van der Waals surface area (Å²) >= 11 is 0. The van der Waals surface area contributed by atoms with Crippen LogP contribution in [0.25, 0.3) is 0 Å². The summed E-state index contributed by atoms with van der Waals surface area (Å²) < 4.78 is 0. The van der Waals surface area contributed by atoms with Crippen LogP contribution < -0.4 is 0 Å². The zero-order chi connectivity index (χ0) is 12.2. The molecule has 1 atom stereocenters. The highest BCUT2D eigenvalue weighted by Crippen LogP contribution is 2.53. The summed E-state index contributed by atoms with van der Waals surface area (Å²) in [6.45, 7) is 16.3. The van der Waals surface area contributed by atoms with Gasteiger partial charge in [0.1, 0.15) is 0 Å². The maximum Gasteiger partial charge on any atom is 0.00253 e. The predicted molar refractivity (Wildman–Crippen MR) is 71.3 cm³/mol. The number of hydrogen-bond donors (Lipinski definition) is 0. The first-order valence-corrected chi connectivity index (χ1v) is 6.36.